The van der Waals surface area contributed by atoms with Crippen molar-refractivity contribution in [2.24, 2.45) is 5.92 Å². The van der Waals surface area contributed by atoms with Crippen LogP contribution >= 0.6 is 0 Å². The van der Waals surface area contributed by atoms with Gasteiger partial charge in [0.25, 0.3) is 5.89 Å². The minimum absolute atomic E-state index is 0.0468. The lowest BCUT2D eigenvalue weighted by molar-refractivity contribution is 0.0922. The number of nitrogens with zero attached hydrogens (tertiary/aromatic N) is 4. The molecule has 1 unspecified atom stereocenters. The molecular weight excluding hydrogens is 342 g/mol. The topological polar surface area (TPSA) is 74.5 Å². The van der Waals surface area contributed by atoms with Gasteiger partial charge in [-0.25, -0.2) is 4.79 Å². The Labute approximate surface area is 160 Å². The molecule has 1 fully saturated rings. The molecule has 1 aromatic carbocycles. The van der Waals surface area contributed by atoms with E-state index < -0.39 is 0 Å². The maximum atomic E-state index is 12.8. The first-order chi connectivity index (χ1) is 12.8. The molecule has 146 valence electrons. The molecule has 1 atom stereocenters. The highest BCUT2D eigenvalue weighted by Gasteiger charge is 2.31. The molecular formula is C20H29N5O2. The van der Waals surface area contributed by atoms with Crippen molar-refractivity contribution in [3.63, 3.8) is 0 Å². The summed E-state index contributed by atoms with van der Waals surface area (Å²) in [7, 11) is 2.10. The smallest absolute Gasteiger partial charge is 0.322 e. The van der Waals surface area contributed by atoms with Gasteiger partial charge in [-0.05, 0) is 37.2 Å². The van der Waals surface area contributed by atoms with Gasteiger partial charge >= 0.3 is 6.03 Å². The van der Waals surface area contributed by atoms with E-state index in [4.69, 9.17) is 4.52 Å². The quantitative estimate of drug-likeness (QED) is 0.888. The lowest BCUT2D eigenvalue weighted by Crippen LogP contribution is -2.57. The van der Waals surface area contributed by atoms with Gasteiger partial charge in [0.2, 0.25) is 0 Å². The number of benzene rings is 1. The number of carbonyl (C=O) groups is 1. The van der Waals surface area contributed by atoms with Crippen molar-refractivity contribution in [3.8, 4) is 11.5 Å². The fraction of sp³-hybridized carbons (Fsp3) is 0.550. The average Bonchev–Trinajstić information content (AvgIpc) is 3.12. The summed E-state index contributed by atoms with van der Waals surface area (Å²) in [5, 5.41) is 7.00. The van der Waals surface area contributed by atoms with Crippen molar-refractivity contribution in [1.29, 1.82) is 0 Å². The predicted octanol–water partition coefficient (Wildman–Crippen LogP) is 3.66. The summed E-state index contributed by atoms with van der Waals surface area (Å²) in [6, 6.07) is 7.68. The van der Waals surface area contributed by atoms with Gasteiger partial charge in [0.1, 0.15) is 0 Å². The molecule has 1 saturated heterocycles. The number of hydrogen-bond donors (Lipinski definition) is 1. The SMILES string of the molecule is CC(C)c1noc(-c2ccc(NC(=O)N3CCN(C)CC3C(C)C)cc2)n1. The second kappa shape index (κ2) is 8.08. The van der Waals surface area contributed by atoms with Gasteiger partial charge < -0.3 is 19.6 Å². The van der Waals surface area contributed by atoms with Crippen LogP contribution in [0.2, 0.25) is 0 Å². The van der Waals surface area contributed by atoms with Crippen molar-refractivity contribution in [3.05, 3.63) is 30.1 Å². The third kappa shape index (κ3) is 4.47. The van der Waals surface area contributed by atoms with E-state index in [2.05, 4.69) is 41.3 Å². The molecule has 1 N–H and O–H groups in total. The number of aromatic nitrogens is 2. The largest absolute Gasteiger partial charge is 0.334 e. The first-order valence-corrected chi connectivity index (χ1v) is 9.55. The van der Waals surface area contributed by atoms with Crippen LogP contribution in [0.25, 0.3) is 11.5 Å². The highest BCUT2D eigenvalue weighted by atomic mass is 16.5. The number of rotatable bonds is 4. The number of hydrogen-bond acceptors (Lipinski definition) is 5. The summed E-state index contributed by atoms with van der Waals surface area (Å²) < 4.78 is 5.32. The standard InChI is InChI=1S/C20H29N5O2/c1-13(2)17-12-24(5)10-11-25(17)20(26)21-16-8-6-15(7-9-16)19-22-18(14(3)4)23-27-19/h6-9,13-14,17H,10-12H2,1-5H3,(H,21,26). The second-order valence-electron chi connectivity index (χ2n) is 7.89. The number of piperazine rings is 1. The Bertz CT molecular complexity index is 769. The molecule has 0 saturated carbocycles. The van der Waals surface area contributed by atoms with Gasteiger partial charge in [0.05, 0.1) is 0 Å². The van der Waals surface area contributed by atoms with Crippen LogP contribution in [-0.2, 0) is 0 Å². The number of urea groups is 1. The normalized spacial score (nSPS) is 18.3. The Morgan fingerprint density at radius 2 is 1.89 bits per heavy atom. The van der Waals surface area contributed by atoms with Gasteiger partial charge in [-0.15, -0.1) is 0 Å². The van der Waals surface area contributed by atoms with Crippen LogP contribution in [0.5, 0.6) is 0 Å². The minimum Gasteiger partial charge on any atom is -0.334 e. The highest BCUT2D eigenvalue weighted by molar-refractivity contribution is 5.90. The number of amides is 2. The molecule has 2 heterocycles. The second-order valence-corrected chi connectivity index (χ2v) is 7.89. The Hall–Kier alpha value is -2.41. The average molecular weight is 371 g/mol. The molecule has 3 rings (SSSR count). The first kappa shape index (κ1) is 19.4. The van der Waals surface area contributed by atoms with Crippen molar-refractivity contribution in [1.82, 2.24) is 19.9 Å². The fourth-order valence-electron chi connectivity index (χ4n) is 3.25. The molecule has 27 heavy (non-hydrogen) atoms. The fourth-order valence-corrected chi connectivity index (χ4v) is 3.25. The number of nitrogens with one attached hydrogen (secondary N) is 1. The molecule has 0 bridgehead atoms. The molecule has 2 aromatic rings. The Morgan fingerprint density at radius 3 is 2.48 bits per heavy atom. The maximum Gasteiger partial charge on any atom is 0.322 e. The Kier molecular flexibility index (Phi) is 5.79. The molecule has 7 heteroatoms. The van der Waals surface area contributed by atoms with Crippen LogP contribution in [0.3, 0.4) is 0 Å². The van der Waals surface area contributed by atoms with E-state index in [1.807, 2.05) is 43.0 Å². The zero-order valence-electron chi connectivity index (χ0n) is 16.8. The van der Waals surface area contributed by atoms with Crippen molar-refractivity contribution >= 4 is 11.7 Å². The summed E-state index contributed by atoms with van der Waals surface area (Å²) in [5.41, 5.74) is 1.60. The zero-order valence-corrected chi connectivity index (χ0v) is 16.8. The lowest BCUT2D eigenvalue weighted by atomic mass is 10.0. The van der Waals surface area contributed by atoms with E-state index in [0.29, 0.717) is 17.6 Å². The minimum atomic E-state index is -0.0468. The van der Waals surface area contributed by atoms with E-state index in [9.17, 15) is 4.79 Å². The Balaban J connectivity index is 1.67. The molecule has 1 aromatic heterocycles. The van der Waals surface area contributed by atoms with Crippen LogP contribution < -0.4 is 5.32 Å². The van der Waals surface area contributed by atoms with Gasteiger partial charge in [-0.1, -0.05) is 32.9 Å². The van der Waals surface area contributed by atoms with Gasteiger partial charge in [0.15, 0.2) is 5.82 Å². The molecule has 0 radical (unpaired) electrons. The van der Waals surface area contributed by atoms with Crippen molar-refractivity contribution < 1.29 is 9.32 Å². The van der Waals surface area contributed by atoms with E-state index in [1.165, 1.54) is 0 Å². The molecule has 0 aliphatic carbocycles. The third-order valence-corrected chi connectivity index (χ3v) is 4.99. The summed E-state index contributed by atoms with van der Waals surface area (Å²) in [6.45, 7) is 10.9. The third-order valence-electron chi connectivity index (χ3n) is 4.99. The summed E-state index contributed by atoms with van der Waals surface area (Å²) in [4.78, 5) is 21.4. The summed E-state index contributed by atoms with van der Waals surface area (Å²) >= 11 is 0. The van der Waals surface area contributed by atoms with Gasteiger partial charge in [-0.3, -0.25) is 0 Å². The summed E-state index contributed by atoms with van der Waals surface area (Å²) in [6.07, 6.45) is 0. The van der Waals surface area contributed by atoms with E-state index in [0.717, 1.165) is 30.9 Å². The predicted molar refractivity (Wildman–Crippen MR) is 106 cm³/mol. The van der Waals surface area contributed by atoms with Crippen LogP contribution in [-0.4, -0.2) is 58.7 Å². The van der Waals surface area contributed by atoms with Gasteiger partial charge in [-0.2, -0.15) is 4.98 Å². The molecule has 7 nitrogen and oxygen atoms in total. The van der Waals surface area contributed by atoms with Crippen LogP contribution in [0.15, 0.2) is 28.8 Å². The molecule has 1 aliphatic heterocycles. The number of likely N-dealkylation sites (N-methyl/N-ethyl adjacent to an activating group) is 1. The Morgan fingerprint density at radius 1 is 1.19 bits per heavy atom. The summed E-state index contributed by atoms with van der Waals surface area (Å²) in [5.74, 6) is 1.82. The monoisotopic (exact) mass is 371 g/mol. The number of anilines is 1. The first-order valence-electron chi connectivity index (χ1n) is 9.55. The maximum absolute atomic E-state index is 12.8. The van der Waals surface area contributed by atoms with Crippen molar-refractivity contribution in [2.45, 2.75) is 39.7 Å². The van der Waals surface area contributed by atoms with Gasteiger partial charge in [0, 0.05) is 42.8 Å². The van der Waals surface area contributed by atoms with Crippen molar-refractivity contribution in [2.75, 3.05) is 32.0 Å². The highest BCUT2D eigenvalue weighted by Crippen LogP contribution is 2.23. The van der Waals surface area contributed by atoms with E-state index in [1.54, 1.807) is 0 Å². The van der Waals surface area contributed by atoms with Crippen LogP contribution in [0.4, 0.5) is 10.5 Å². The molecule has 0 spiro atoms. The zero-order chi connectivity index (χ0) is 19.6. The lowest BCUT2D eigenvalue weighted by Gasteiger charge is -2.42. The number of carbonyl (C=O) groups excluding carboxylic acids is 1. The van der Waals surface area contributed by atoms with Crippen LogP contribution in [0.1, 0.15) is 39.4 Å². The molecule has 2 amide bonds. The van der Waals surface area contributed by atoms with E-state index in [-0.39, 0.29) is 18.0 Å². The molecule has 1 aliphatic rings. The van der Waals surface area contributed by atoms with Crippen LogP contribution in [0, 0.1) is 5.92 Å². The van der Waals surface area contributed by atoms with E-state index >= 15 is 0 Å².